The molecule has 1 saturated carbocycles. The number of nitrogens with zero attached hydrogens (tertiary/aromatic N) is 2. The average Bonchev–Trinajstić information content (AvgIpc) is 3.18. The van der Waals surface area contributed by atoms with E-state index in [2.05, 4.69) is 15.0 Å². The molecule has 8 heteroatoms. The van der Waals surface area contributed by atoms with E-state index < -0.39 is 0 Å². The Balaban J connectivity index is 0.000000310. The van der Waals surface area contributed by atoms with Crippen LogP contribution in [0.1, 0.15) is 32.1 Å². The maximum atomic E-state index is 13.2. The number of halogens is 1. The summed E-state index contributed by atoms with van der Waals surface area (Å²) < 4.78 is 13.2. The molecule has 2 aromatic heterocycles. The Morgan fingerprint density at radius 1 is 1.10 bits per heavy atom. The number of aromatic amines is 1. The molecule has 6 nitrogen and oxygen atoms in total. The molecule has 0 aliphatic heterocycles. The summed E-state index contributed by atoms with van der Waals surface area (Å²) in [5, 5.41) is 18.6. The summed E-state index contributed by atoms with van der Waals surface area (Å²) >= 11 is 1.41. The molecule has 0 bridgehead atoms. The van der Waals surface area contributed by atoms with E-state index in [0.717, 1.165) is 29.7 Å². The number of nitrogens with one attached hydrogen (secondary N) is 1. The Morgan fingerprint density at radius 3 is 2.43 bits per heavy atom. The van der Waals surface area contributed by atoms with Gasteiger partial charge >= 0.3 is 0 Å². The summed E-state index contributed by atoms with van der Waals surface area (Å²) in [6.07, 6.45) is 7.54. The van der Waals surface area contributed by atoms with Crippen LogP contribution in [0.5, 0.6) is 0 Å². The molecule has 2 heterocycles. The quantitative estimate of drug-likeness (QED) is 0.451. The van der Waals surface area contributed by atoms with Crippen LogP contribution in [-0.2, 0) is 0 Å². The predicted molar refractivity (Wildman–Crippen MR) is 119 cm³/mol. The Bertz CT molecular complexity index is 927. The maximum Gasteiger partial charge on any atom is 0.166 e. The molecule has 0 radical (unpaired) electrons. The highest BCUT2D eigenvalue weighted by Gasteiger charge is 2.15. The second-order valence-corrected chi connectivity index (χ2v) is 8.19. The summed E-state index contributed by atoms with van der Waals surface area (Å²) in [7, 11) is 0. The lowest BCUT2D eigenvalue weighted by Gasteiger charge is -2.14. The fourth-order valence-electron chi connectivity index (χ4n) is 3.27. The van der Waals surface area contributed by atoms with Crippen LogP contribution < -0.4 is 5.73 Å². The summed E-state index contributed by atoms with van der Waals surface area (Å²) in [5.74, 6) is 0.645. The highest BCUT2D eigenvalue weighted by Crippen LogP contribution is 2.33. The van der Waals surface area contributed by atoms with E-state index in [1.165, 1.54) is 43.2 Å². The summed E-state index contributed by atoms with van der Waals surface area (Å²) in [6, 6.07) is 9.75. The largest absolute Gasteiger partial charge is 0.396 e. The van der Waals surface area contributed by atoms with Gasteiger partial charge in [0.2, 0.25) is 0 Å². The van der Waals surface area contributed by atoms with Crippen LogP contribution in [0.15, 0.2) is 47.8 Å². The summed E-state index contributed by atoms with van der Waals surface area (Å²) in [5.41, 5.74) is 8.89. The first-order valence-corrected chi connectivity index (χ1v) is 11.0. The van der Waals surface area contributed by atoms with Gasteiger partial charge in [-0.3, -0.25) is 0 Å². The first kappa shape index (κ1) is 22.3. The molecule has 0 spiro atoms. The van der Waals surface area contributed by atoms with E-state index in [4.69, 9.17) is 15.9 Å². The van der Waals surface area contributed by atoms with Crippen molar-refractivity contribution < 1.29 is 14.6 Å². The number of rotatable bonds is 5. The third kappa shape index (κ3) is 6.29. The van der Waals surface area contributed by atoms with Gasteiger partial charge in [0.05, 0.1) is 24.1 Å². The smallest absolute Gasteiger partial charge is 0.166 e. The number of pyridine rings is 1. The molecule has 30 heavy (non-hydrogen) atoms. The summed E-state index contributed by atoms with van der Waals surface area (Å²) in [4.78, 5) is 11.8. The number of aromatic nitrogens is 3. The van der Waals surface area contributed by atoms with E-state index in [1.54, 1.807) is 24.4 Å². The fraction of sp³-hybridized carbons (Fsp3) is 0.364. The molecule has 1 fully saturated rings. The summed E-state index contributed by atoms with van der Waals surface area (Å²) in [6.45, 7) is 0.0643. The molecule has 3 aromatic rings. The minimum Gasteiger partial charge on any atom is -0.396 e. The number of aliphatic hydroxyl groups is 2. The van der Waals surface area contributed by atoms with Crippen LogP contribution in [-0.4, -0.2) is 43.6 Å². The van der Waals surface area contributed by atoms with Gasteiger partial charge < -0.3 is 20.9 Å². The fourth-order valence-corrected chi connectivity index (χ4v) is 3.89. The van der Waals surface area contributed by atoms with Crippen LogP contribution >= 0.6 is 11.8 Å². The van der Waals surface area contributed by atoms with Crippen LogP contribution in [0.3, 0.4) is 0 Å². The average molecular weight is 431 g/mol. The lowest BCUT2D eigenvalue weighted by Crippen LogP contribution is -2.09. The lowest BCUT2D eigenvalue weighted by atomic mass is 9.98. The third-order valence-corrected chi connectivity index (χ3v) is 5.63. The van der Waals surface area contributed by atoms with Crippen molar-refractivity contribution in [2.24, 2.45) is 0 Å². The van der Waals surface area contributed by atoms with Crippen molar-refractivity contribution in [2.75, 3.05) is 18.1 Å². The molecular weight excluding hydrogens is 403 g/mol. The van der Waals surface area contributed by atoms with Crippen molar-refractivity contribution in [3.63, 3.8) is 0 Å². The molecule has 0 unspecified atom stereocenters. The van der Waals surface area contributed by atoms with Crippen molar-refractivity contribution in [3.05, 3.63) is 48.4 Å². The van der Waals surface area contributed by atoms with Crippen LogP contribution in [0.2, 0.25) is 0 Å². The van der Waals surface area contributed by atoms with Gasteiger partial charge in [-0.1, -0.05) is 31.0 Å². The van der Waals surface area contributed by atoms with Crippen molar-refractivity contribution >= 4 is 17.6 Å². The molecule has 1 aliphatic rings. The zero-order valence-electron chi connectivity index (χ0n) is 16.7. The molecule has 4 rings (SSSR count). The first-order chi connectivity index (χ1) is 14.6. The van der Waals surface area contributed by atoms with E-state index in [1.807, 2.05) is 6.07 Å². The Kier molecular flexibility index (Phi) is 8.24. The standard InChI is InChI=1S/C16H15FN4OS.C6H12O/c17-12-3-1-10(2-4-12)14-15(11-5-6-19-13(18)9-11)21-16(20-14)23-8-7-22;7-6-4-2-1-3-5-6/h1-6,9,22H,7-8H2,(H2,18,19)(H,20,21);6-7H,1-5H2. The first-order valence-electron chi connectivity index (χ1n) is 10.1. The van der Waals surface area contributed by atoms with Gasteiger partial charge in [0, 0.05) is 23.1 Å². The van der Waals surface area contributed by atoms with Crippen molar-refractivity contribution in [2.45, 2.75) is 43.4 Å². The van der Waals surface area contributed by atoms with E-state index in [9.17, 15) is 4.39 Å². The van der Waals surface area contributed by atoms with Gasteiger partial charge in [0.15, 0.2) is 5.16 Å². The Labute approximate surface area is 179 Å². The molecule has 0 atom stereocenters. The lowest BCUT2D eigenvalue weighted by molar-refractivity contribution is 0.130. The van der Waals surface area contributed by atoms with E-state index in [-0.39, 0.29) is 18.5 Å². The number of nitrogens with two attached hydrogens (primary N) is 1. The van der Waals surface area contributed by atoms with Gasteiger partial charge in [-0.2, -0.15) is 0 Å². The number of hydrogen-bond acceptors (Lipinski definition) is 6. The normalized spacial score (nSPS) is 14.2. The number of imidazole rings is 1. The topological polar surface area (TPSA) is 108 Å². The second kappa shape index (κ2) is 11.1. The predicted octanol–water partition coefficient (Wildman–Crippen LogP) is 4.26. The number of anilines is 1. The number of H-pyrrole nitrogens is 1. The second-order valence-electron chi connectivity index (χ2n) is 7.11. The van der Waals surface area contributed by atoms with Crippen LogP contribution in [0, 0.1) is 5.82 Å². The van der Waals surface area contributed by atoms with E-state index in [0.29, 0.717) is 22.4 Å². The Morgan fingerprint density at radius 2 is 1.83 bits per heavy atom. The zero-order chi connectivity index (χ0) is 21.3. The molecule has 5 N–H and O–H groups in total. The number of aliphatic hydroxyl groups excluding tert-OH is 2. The van der Waals surface area contributed by atoms with Gasteiger partial charge in [0.25, 0.3) is 0 Å². The highest BCUT2D eigenvalue weighted by molar-refractivity contribution is 7.99. The monoisotopic (exact) mass is 430 g/mol. The molecule has 1 aliphatic carbocycles. The molecule has 1 aromatic carbocycles. The SMILES string of the molecule is Nc1cc(-c2nc(SCCO)[nH]c2-c2ccc(F)cc2)ccn1.OC1CCCCC1. The Hall–Kier alpha value is -2.42. The minimum absolute atomic E-state index is 0.0359. The van der Waals surface area contributed by atoms with Crippen LogP contribution in [0.4, 0.5) is 10.2 Å². The molecule has 0 saturated heterocycles. The molecule has 160 valence electrons. The molecule has 0 amide bonds. The van der Waals surface area contributed by atoms with Gasteiger partial charge in [-0.15, -0.1) is 0 Å². The third-order valence-electron chi connectivity index (χ3n) is 4.77. The van der Waals surface area contributed by atoms with Crippen molar-refractivity contribution in [3.8, 4) is 22.5 Å². The van der Waals surface area contributed by atoms with Crippen molar-refractivity contribution in [1.82, 2.24) is 15.0 Å². The maximum absolute atomic E-state index is 13.2. The number of hydrogen-bond donors (Lipinski definition) is 4. The number of thioether (sulfide) groups is 1. The number of benzene rings is 1. The minimum atomic E-state index is -0.294. The number of nitrogen functional groups attached to an aromatic ring is 1. The zero-order valence-corrected chi connectivity index (χ0v) is 17.5. The van der Waals surface area contributed by atoms with Gasteiger partial charge in [0.1, 0.15) is 11.6 Å². The van der Waals surface area contributed by atoms with Crippen LogP contribution in [0.25, 0.3) is 22.5 Å². The van der Waals surface area contributed by atoms with Crippen molar-refractivity contribution in [1.29, 1.82) is 0 Å². The highest BCUT2D eigenvalue weighted by atomic mass is 32.2. The molecular formula is C22H27FN4O2S. The van der Waals surface area contributed by atoms with Gasteiger partial charge in [-0.25, -0.2) is 14.4 Å². The van der Waals surface area contributed by atoms with E-state index >= 15 is 0 Å². The van der Waals surface area contributed by atoms with Gasteiger partial charge in [-0.05, 0) is 49.2 Å².